The average molecular weight is 370 g/mol. The van der Waals surface area contributed by atoms with E-state index in [1.165, 1.54) is 4.88 Å². The fourth-order valence-electron chi connectivity index (χ4n) is 1.99. The normalized spacial score (nSPS) is 12.2. The van der Waals surface area contributed by atoms with Gasteiger partial charge in [0.2, 0.25) is 0 Å². The molecule has 0 aliphatic heterocycles. The van der Waals surface area contributed by atoms with Crippen LogP contribution < -0.4 is 15.2 Å². The van der Waals surface area contributed by atoms with Gasteiger partial charge < -0.3 is 15.2 Å². The molecule has 3 nitrogen and oxygen atoms in total. The zero-order valence-corrected chi connectivity index (χ0v) is 14.7. The molecule has 0 bridgehead atoms. The quantitative estimate of drug-likeness (QED) is 0.787. The number of hydrogen-bond acceptors (Lipinski definition) is 4. The summed E-state index contributed by atoms with van der Waals surface area (Å²) >= 11 is 5.14. The van der Waals surface area contributed by atoms with Crippen LogP contribution in [0, 0.1) is 0 Å². The third kappa shape index (κ3) is 4.73. The Morgan fingerprint density at radius 1 is 1.29 bits per heavy atom. The fourth-order valence-corrected chi connectivity index (χ4v) is 3.38. The Balaban J connectivity index is 2.12. The SMILES string of the molecule is CCC(N)Cc1cc(OC)ccc1OCc1ccc(Br)s1. The van der Waals surface area contributed by atoms with Crippen LogP contribution in [0.2, 0.25) is 0 Å². The monoisotopic (exact) mass is 369 g/mol. The molecule has 2 rings (SSSR count). The van der Waals surface area contributed by atoms with E-state index in [2.05, 4.69) is 28.9 Å². The lowest BCUT2D eigenvalue weighted by molar-refractivity contribution is 0.304. The van der Waals surface area contributed by atoms with Crippen LogP contribution in [0.5, 0.6) is 11.5 Å². The lowest BCUT2D eigenvalue weighted by atomic mass is 10.0. The van der Waals surface area contributed by atoms with E-state index in [4.69, 9.17) is 15.2 Å². The van der Waals surface area contributed by atoms with Crippen LogP contribution in [0.4, 0.5) is 0 Å². The van der Waals surface area contributed by atoms with Crippen LogP contribution in [0.1, 0.15) is 23.8 Å². The Bertz CT molecular complexity index is 585. The number of methoxy groups -OCH3 is 1. The van der Waals surface area contributed by atoms with Crippen molar-refractivity contribution in [2.24, 2.45) is 5.73 Å². The minimum Gasteiger partial charge on any atom is -0.497 e. The Labute approximate surface area is 138 Å². The molecular weight excluding hydrogens is 350 g/mol. The number of hydrogen-bond donors (Lipinski definition) is 1. The zero-order valence-electron chi connectivity index (χ0n) is 12.3. The van der Waals surface area contributed by atoms with Gasteiger partial charge in [0, 0.05) is 10.9 Å². The summed E-state index contributed by atoms with van der Waals surface area (Å²) in [5.41, 5.74) is 7.17. The van der Waals surface area contributed by atoms with Gasteiger partial charge in [-0.15, -0.1) is 11.3 Å². The van der Waals surface area contributed by atoms with Crippen LogP contribution in [0.25, 0.3) is 0 Å². The maximum Gasteiger partial charge on any atom is 0.123 e. The molecule has 1 unspecified atom stereocenters. The summed E-state index contributed by atoms with van der Waals surface area (Å²) < 4.78 is 12.4. The van der Waals surface area contributed by atoms with Gasteiger partial charge in [-0.25, -0.2) is 0 Å². The van der Waals surface area contributed by atoms with Gasteiger partial charge in [-0.2, -0.15) is 0 Å². The van der Waals surface area contributed by atoms with Crippen molar-refractivity contribution in [1.82, 2.24) is 0 Å². The molecule has 1 heterocycles. The maximum atomic E-state index is 6.08. The number of ether oxygens (including phenoxy) is 2. The van der Waals surface area contributed by atoms with Gasteiger partial charge in [0.25, 0.3) is 0 Å². The first-order valence-corrected chi connectivity index (χ1v) is 8.52. The van der Waals surface area contributed by atoms with E-state index in [1.54, 1.807) is 18.4 Å². The summed E-state index contributed by atoms with van der Waals surface area (Å²) in [5, 5.41) is 0. The highest BCUT2D eigenvalue weighted by atomic mass is 79.9. The molecule has 0 aliphatic carbocycles. The zero-order chi connectivity index (χ0) is 15.2. The van der Waals surface area contributed by atoms with E-state index in [-0.39, 0.29) is 6.04 Å². The van der Waals surface area contributed by atoms with Crippen molar-refractivity contribution >= 4 is 27.3 Å². The highest BCUT2D eigenvalue weighted by Gasteiger charge is 2.10. The van der Waals surface area contributed by atoms with E-state index in [9.17, 15) is 0 Å². The molecule has 0 amide bonds. The van der Waals surface area contributed by atoms with E-state index in [0.717, 1.165) is 33.7 Å². The minimum absolute atomic E-state index is 0.135. The highest BCUT2D eigenvalue weighted by molar-refractivity contribution is 9.11. The lowest BCUT2D eigenvalue weighted by Gasteiger charge is -2.15. The molecule has 0 radical (unpaired) electrons. The second-order valence-electron chi connectivity index (χ2n) is 4.84. The lowest BCUT2D eigenvalue weighted by Crippen LogP contribution is -2.21. The Morgan fingerprint density at radius 3 is 2.71 bits per heavy atom. The Morgan fingerprint density at radius 2 is 2.10 bits per heavy atom. The van der Waals surface area contributed by atoms with Crippen LogP contribution >= 0.6 is 27.3 Å². The van der Waals surface area contributed by atoms with Crippen LogP contribution in [-0.2, 0) is 13.0 Å². The molecule has 1 aromatic carbocycles. The third-order valence-corrected chi connectivity index (χ3v) is 4.87. The van der Waals surface area contributed by atoms with E-state index >= 15 is 0 Å². The summed E-state index contributed by atoms with van der Waals surface area (Å²) in [5.74, 6) is 1.71. The molecule has 1 aromatic heterocycles. The predicted octanol–water partition coefficient (Wildman–Crippen LogP) is 4.38. The summed E-state index contributed by atoms with van der Waals surface area (Å²) in [6, 6.07) is 10.1. The first-order valence-electron chi connectivity index (χ1n) is 6.92. The number of nitrogens with two attached hydrogens (primary N) is 1. The van der Waals surface area contributed by atoms with Gasteiger partial charge >= 0.3 is 0 Å². The highest BCUT2D eigenvalue weighted by Crippen LogP contribution is 2.28. The van der Waals surface area contributed by atoms with Crippen LogP contribution in [0.3, 0.4) is 0 Å². The van der Waals surface area contributed by atoms with Crippen molar-refractivity contribution in [2.45, 2.75) is 32.4 Å². The molecule has 5 heteroatoms. The molecule has 1 atom stereocenters. The number of halogens is 1. The molecule has 0 spiro atoms. The van der Waals surface area contributed by atoms with Gasteiger partial charge in [-0.3, -0.25) is 0 Å². The summed E-state index contributed by atoms with van der Waals surface area (Å²) in [6.07, 6.45) is 1.73. The molecule has 114 valence electrons. The van der Waals surface area contributed by atoms with E-state index < -0.39 is 0 Å². The molecule has 0 fully saturated rings. The minimum atomic E-state index is 0.135. The average Bonchev–Trinajstić information content (AvgIpc) is 2.91. The van der Waals surface area contributed by atoms with Crippen molar-refractivity contribution in [2.75, 3.05) is 7.11 Å². The van der Waals surface area contributed by atoms with Gasteiger partial charge in [0.1, 0.15) is 18.1 Å². The smallest absolute Gasteiger partial charge is 0.123 e. The van der Waals surface area contributed by atoms with Gasteiger partial charge in [0.05, 0.1) is 10.9 Å². The number of rotatable bonds is 7. The van der Waals surface area contributed by atoms with Crippen molar-refractivity contribution in [3.63, 3.8) is 0 Å². The number of thiophene rings is 1. The largest absolute Gasteiger partial charge is 0.497 e. The van der Waals surface area contributed by atoms with E-state index in [1.807, 2.05) is 24.3 Å². The molecule has 0 saturated heterocycles. The Hall–Kier alpha value is -1.04. The summed E-state index contributed by atoms with van der Waals surface area (Å²) in [4.78, 5) is 1.18. The molecule has 2 N–H and O–H groups in total. The first kappa shape index (κ1) is 16.3. The van der Waals surface area contributed by atoms with Crippen LogP contribution in [0.15, 0.2) is 34.1 Å². The van der Waals surface area contributed by atoms with Gasteiger partial charge in [-0.05, 0) is 64.7 Å². The topological polar surface area (TPSA) is 44.5 Å². The predicted molar refractivity (Wildman–Crippen MR) is 91.3 cm³/mol. The molecule has 21 heavy (non-hydrogen) atoms. The van der Waals surface area contributed by atoms with Crippen molar-refractivity contribution in [3.05, 3.63) is 44.6 Å². The number of benzene rings is 1. The summed E-state index contributed by atoms with van der Waals surface area (Å²) in [7, 11) is 1.67. The molecular formula is C16H20BrNO2S. The van der Waals surface area contributed by atoms with E-state index in [0.29, 0.717) is 6.61 Å². The van der Waals surface area contributed by atoms with Crippen molar-refractivity contribution in [1.29, 1.82) is 0 Å². The maximum absolute atomic E-state index is 6.08. The second-order valence-corrected chi connectivity index (χ2v) is 7.39. The van der Waals surface area contributed by atoms with Gasteiger partial charge in [0.15, 0.2) is 0 Å². The molecule has 0 aliphatic rings. The fraction of sp³-hybridized carbons (Fsp3) is 0.375. The van der Waals surface area contributed by atoms with Gasteiger partial charge in [-0.1, -0.05) is 6.92 Å². The standard InChI is InChI=1S/C16H20BrNO2S/c1-3-12(18)8-11-9-13(19-2)4-6-15(11)20-10-14-5-7-16(17)21-14/h4-7,9,12H,3,8,10,18H2,1-2H3. The van der Waals surface area contributed by atoms with Crippen LogP contribution in [-0.4, -0.2) is 13.2 Å². The molecule has 0 saturated carbocycles. The third-order valence-electron chi connectivity index (χ3n) is 3.27. The first-order chi connectivity index (χ1) is 10.1. The second kappa shape index (κ2) is 7.82. The van der Waals surface area contributed by atoms with Crippen molar-refractivity contribution in [3.8, 4) is 11.5 Å². The van der Waals surface area contributed by atoms with Crippen molar-refractivity contribution < 1.29 is 9.47 Å². The Kier molecular flexibility index (Phi) is 6.08. The summed E-state index contributed by atoms with van der Waals surface area (Å²) in [6.45, 7) is 2.66. The molecule has 2 aromatic rings.